The van der Waals surface area contributed by atoms with Crippen LogP contribution in [-0.2, 0) is 0 Å². The summed E-state index contributed by atoms with van der Waals surface area (Å²) in [4.78, 5) is 0. The Morgan fingerprint density at radius 2 is 1.50 bits per heavy atom. The summed E-state index contributed by atoms with van der Waals surface area (Å²) in [6.07, 6.45) is 0. The van der Waals surface area contributed by atoms with E-state index in [1.54, 1.807) is 18.2 Å². The molecular weight excluding hydrogens is 258 g/mol. The van der Waals surface area contributed by atoms with Gasteiger partial charge >= 0.3 is 6.61 Å². The van der Waals surface area contributed by atoms with Gasteiger partial charge in [0.05, 0.1) is 5.38 Å². The first-order valence-electron chi connectivity index (χ1n) is 5.41. The van der Waals surface area contributed by atoms with Gasteiger partial charge in [-0.15, -0.1) is 11.6 Å². The second-order valence-corrected chi connectivity index (χ2v) is 4.13. The Labute approximate surface area is 109 Å². The van der Waals surface area contributed by atoms with Gasteiger partial charge < -0.3 is 4.74 Å². The number of benzene rings is 2. The minimum atomic E-state index is -2.86. The molecule has 0 radical (unpaired) electrons. The van der Waals surface area contributed by atoms with Gasteiger partial charge in [0, 0.05) is 5.56 Å². The summed E-state index contributed by atoms with van der Waals surface area (Å²) in [5.41, 5.74) is 1.37. The van der Waals surface area contributed by atoms with Crippen molar-refractivity contribution in [2.24, 2.45) is 0 Å². The summed E-state index contributed by atoms with van der Waals surface area (Å²) in [6, 6.07) is 15.8. The standard InChI is InChI=1S/C14H11ClF2O/c15-13(10-6-2-1-3-7-10)11-8-4-5-9-12(11)18-14(16)17/h1-9,13-14H. The molecule has 94 valence electrons. The molecular formula is C14H11ClF2O. The van der Waals surface area contributed by atoms with Crippen molar-refractivity contribution < 1.29 is 13.5 Å². The Hall–Kier alpha value is -1.61. The smallest absolute Gasteiger partial charge is 0.387 e. The molecule has 1 unspecified atom stereocenters. The van der Waals surface area contributed by atoms with Crippen molar-refractivity contribution >= 4 is 11.6 Å². The second-order valence-electron chi connectivity index (χ2n) is 3.69. The third-order valence-corrected chi connectivity index (χ3v) is 2.99. The van der Waals surface area contributed by atoms with Crippen LogP contribution in [0.4, 0.5) is 8.78 Å². The average molecular weight is 269 g/mol. The molecule has 0 aliphatic rings. The fraction of sp³-hybridized carbons (Fsp3) is 0.143. The van der Waals surface area contributed by atoms with E-state index in [2.05, 4.69) is 4.74 Å². The van der Waals surface area contributed by atoms with Crippen molar-refractivity contribution in [1.29, 1.82) is 0 Å². The molecule has 1 atom stereocenters. The summed E-state index contributed by atoms with van der Waals surface area (Å²) < 4.78 is 29.1. The third kappa shape index (κ3) is 2.99. The molecule has 0 fully saturated rings. The van der Waals surface area contributed by atoms with Crippen molar-refractivity contribution in [3.05, 3.63) is 65.7 Å². The normalized spacial score (nSPS) is 12.4. The van der Waals surface area contributed by atoms with E-state index < -0.39 is 12.0 Å². The molecule has 0 heterocycles. The largest absolute Gasteiger partial charge is 0.434 e. The minimum absolute atomic E-state index is 0.108. The summed E-state index contributed by atoms with van der Waals surface area (Å²) in [5.74, 6) is 0.108. The van der Waals surface area contributed by atoms with Crippen LogP contribution in [0.3, 0.4) is 0 Å². The molecule has 2 aromatic rings. The molecule has 18 heavy (non-hydrogen) atoms. The molecule has 0 saturated carbocycles. The first-order chi connectivity index (χ1) is 8.68. The number of halogens is 3. The molecule has 0 spiro atoms. The van der Waals surface area contributed by atoms with Crippen molar-refractivity contribution in [3.63, 3.8) is 0 Å². The highest BCUT2D eigenvalue weighted by Gasteiger charge is 2.17. The quantitative estimate of drug-likeness (QED) is 0.736. The fourth-order valence-corrected chi connectivity index (χ4v) is 2.02. The maximum atomic E-state index is 12.3. The number of hydrogen-bond acceptors (Lipinski definition) is 1. The zero-order valence-corrected chi connectivity index (χ0v) is 10.1. The first-order valence-corrected chi connectivity index (χ1v) is 5.85. The Morgan fingerprint density at radius 3 is 2.17 bits per heavy atom. The Bertz CT molecular complexity index is 502. The van der Waals surface area contributed by atoms with Crippen LogP contribution in [-0.4, -0.2) is 6.61 Å². The second kappa shape index (κ2) is 5.83. The molecule has 2 aromatic carbocycles. The van der Waals surface area contributed by atoms with Gasteiger partial charge in [-0.25, -0.2) is 0 Å². The fourth-order valence-electron chi connectivity index (χ4n) is 1.69. The SMILES string of the molecule is FC(F)Oc1ccccc1C(Cl)c1ccccc1. The van der Waals surface area contributed by atoms with Gasteiger partial charge in [-0.05, 0) is 11.6 Å². The highest BCUT2D eigenvalue weighted by Crippen LogP contribution is 2.35. The highest BCUT2D eigenvalue weighted by atomic mass is 35.5. The molecule has 0 saturated heterocycles. The van der Waals surface area contributed by atoms with Crippen molar-refractivity contribution in [2.75, 3.05) is 0 Å². The molecule has 0 bridgehead atoms. The zero-order chi connectivity index (χ0) is 13.0. The Kier molecular flexibility index (Phi) is 4.15. The van der Waals surface area contributed by atoms with Crippen LogP contribution >= 0.6 is 11.6 Å². The monoisotopic (exact) mass is 268 g/mol. The summed E-state index contributed by atoms with van der Waals surface area (Å²) in [7, 11) is 0. The van der Waals surface area contributed by atoms with Gasteiger partial charge in [-0.3, -0.25) is 0 Å². The summed E-state index contributed by atoms with van der Waals surface area (Å²) in [5, 5.41) is -0.513. The lowest BCUT2D eigenvalue weighted by atomic mass is 10.0. The zero-order valence-electron chi connectivity index (χ0n) is 9.39. The number of alkyl halides is 3. The Balaban J connectivity index is 2.33. The molecule has 0 amide bonds. The first kappa shape index (κ1) is 12.8. The van der Waals surface area contributed by atoms with Crippen LogP contribution in [0, 0.1) is 0 Å². The molecule has 4 heteroatoms. The molecule has 0 N–H and O–H groups in total. The maximum Gasteiger partial charge on any atom is 0.387 e. The van der Waals surface area contributed by atoms with E-state index in [4.69, 9.17) is 11.6 Å². The van der Waals surface area contributed by atoms with E-state index in [0.29, 0.717) is 5.56 Å². The van der Waals surface area contributed by atoms with Crippen LogP contribution in [0.5, 0.6) is 5.75 Å². The van der Waals surface area contributed by atoms with Gasteiger partial charge in [0.15, 0.2) is 0 Å². The van der Waals surface area contributed by atoms with Crippen LogP contribution in [0.15, 0.2) is 54.6 Å². The van der Waals surface area contributed by atoms with Gasteiger partial charge in [0.2, 0.25) is 0 Å². The molecule has 0 aliphatic heterocycles. The predicted octanol–water partition coefficient (Wildman–Crippen LogP) is 4.62. The van der Waals surface area contributed by atoms with Gasteiger partial charge in [0.1, 0.15) is 5.75 Å². The van der Waals surface area contributed by atoms with Crippen molar-refractivity contribution in [1.82, 2.24) is 0 Å². The van der Waals surface area contributed by atoms with E-state index in [1.807, 2.05) is 30.3 Å². The van der Waals surface area contributed by atoms with Crippen LogP contribution in [0.1, 0.15) is 16.5 Å². The lowest BCUT2D eigenvalue weighted by Crippen LogP contribution is -2.05. The Morgan fingerprint density at radius 1 is 0.889 bits per heavy atom. The van der Waals surface area contributed by atoms with Crippen LogP contribution in [0.25, 0.3) is 0 Å². The minimum Gasteiger partial charge on any atom is -0.434 e. The van der Waals surface area contributed by atoms with E-state index >= 15 is 0 Å². The topological polar surface area (TPSA) is 9.23 Å². The van der Waals surface area contributed by atoms with E-state index in [-0.39, 0.29) is 5.75 Å². The van der Waals surface area contributed by atoms with Gasteiger partial charge in [-0.1, -0.05) is 48.5 Å². The lowest BCUT2D eigenvalue weighted by molar-refractivity contribution is -0.0504. The lowest BCUT2D eigenvalue weighted by Gasteiger charge is -2.15. The molecule has 0 aromatic heterocycles. The molecule has 2 rings (SSSR count). The van der Waals surface area contributed by atoms with E-state index in [0.717, 1.165) is 5.56 Å². The molecule has 0 aliphatic carbocycles. The number of para-hydroxylation sites is 1. The third-order valence-electron chi connectivity index (χ3n) is 2.50. The van der Waals surface area contributed by atoms with Gasteiger partial charge in [-0.2, -0.15) is 8.78 Å². The summed E-state index contributed by atoms with van der Waals surface area (Å²) >= 11 is 6.30. The maximum absolute atomic E-state index is 12.3. The van der Waals surface area contributed by atoms with Crippen molar-refractivity contribution in [3.8, 4) is 5.75 Å². The van der Waals surface area contributed by atoms with Gasteiger partial charge in [0.25, 0.3) is 0 Å². The predicted molar refractivity (Wildman–Crippen MR) is 67.2 cm³/mol. The van der Waals surface area contributed by atoms with Crippen molar-refractivity contribution in [2.45, 2.75) is 12.0 Å². The van der Waals surface area contributed by atoms with E-state index in [9.17, 15) is 8.78 Å². The number of hydrogen-bond donors (Lipinski definition) is 0. The number of ether oxygens (including phenoxy) is 1. The average Bonchev–Trinajstić information content (AvgIpc) is 2.39. The highest BCUT2D eigenvalue weighted by molar-refractivity contribution is 6.22. The summed E-state index contributed by atoms with van der Waals surface area (Å²) in [6.45, 7) is -2.86. The number of rotatable bonds is 4. The molecule has 1 nitrogen and oxygen atoms in total. The van der Waals surface area contributed by atoms with E-state index in [1.165, 1.54) is 6.07 Å². The van der Waals surface area contributed by atoms with Crippen LogP contribution < -0.4 is 4.74 Å². The van der Waals surface area contributed by atoms with Crippen LogP contribution in [0.2, 0.25) is 0 Å².